The van der Waals surface area contributed by atoms with Gasteiger partial charge in [-0.05, 0) is 31.2 Å². The molecule has 0 bridgehead atoms. The molecule has 0 aliphatic rings. The molecule has 0 aliphatic carbocycles. The highest BCUT2D eigenvalue weighted by atomic mass is 32.2. The van der Waals surface area contributed by atoms with Gasteiger partial charge in [-0.3, -0.25) is 4.72 Å². The normalized spacial score (nSPS) is 10.8. The van der Waals surface area contributed by atoms with Gasteiger partial charge in [0.2, 0.25) is 0 Å². The number of ether oxygens (including phenoxy) is 3. The third-order valence-corrected chi connectivity index (χ3v) is 4.68. The summed E-state index contributed by atoms with van der Waals surface area (Å²) in [5.41, 5.74) is 0.578. The van der Waals surface area contributed by atoms with Crippen molar-refractivity contribution in [3.8, 4) is 11.5 Å². The van der Waals surface area contributed by atoms with E-state index in [1.807, 2.05) is 0 Å². The van der Waals surface area contributed by atoms with E-state index < -0.39 is 16.0 Å². The summed E-state index contributed by atoms with van der Waals surface area (Å²) in [5.74, 6) is 0.404. The van der Waals surface area contributed by atoms with Gasteiger partial charge < -0.3 is 14.2 Å². The molecular weight excluding hydrogens is 346 g/mol. The summed E-state index contributed by atoms with van der Waals surface area (Å²) in [4.78, 5) is 11.6. The van der Waals surface area contributed by atoms with E-state index >= 15 is 0 Å². The van der Waals surface area contributed by atoms with E-state index in [9.17, 15) is 13.2 Å². The zero-order chi connectivity index (χ0) is 18.4. The molecule has 0 aliphatic heterocycles. The van der Waals surface area contributed by atoms with Gasteiger partial charge in [0.25, 0.3) is 10.0 Å². The van der Waals surface area contributed by atoms with Crippen LogP contribution in [0.15, 0.2) is 47.4 Å². The van der Waals surface area contributed by atoms with Crippen molar-refractivity contribution >= 4 is 21.7 Å². The fraction of sp³-hybridized carbons (Fsp3) is 0.235. The topological polar surface area (TPSA) is 90.9 Å². The second-order valence-corrected chi connectivity index (χ2v) is 6.63. The molecule has 2 aromatic rings. The van der Waals surface area contributed by atoms with Crippen LogP contribution < -0.4 is 14.2 Å². The van der Waals surface area contributed by atoms with Crippen LogP contribution in [0, 0.1) is 0 Å². The Morgan fingerprint density at radius 1 is 1.00 bits per heavy atom. The van der Waals surface area contributed by atoms with E-state index in [4.69, 9.17) is 14.2 Å². The molecule has 0 aromatic heterocycles. The number of rotatable bonds is 7. The standard InChI is InChI=1S/C17H19NO6S/c1-4-24-17(19)12-5-7-16(8-6-12)25(20,21)18-13-9-14(22-2)11-15(10-13)23-3/h5-11,18H,4H2,1-3H3. The number of anilines is 1. The lowest BCUT2D eigenvalue weighted by Crippen LogP contribution is -2.13. The summed E-state index contributed by atoms with van der Waals surface area (Å²) in [6.07, 6.45) is 0. The highest BCUT2D eigenvalue weighted by Crippen LogP contribution is 2.27. The fourth-order valence-corrected chi connectivity index (χ4v) is 3.11. The number of hydrogen-bond donors (Lipinski definition) is 1. The number of methoxy groups -OCH3 is 2. The Bertz CT molecular complexity index is 824. The molecular formula is C17H19NO6S. The van der Waals surface area contributed by atoms with Crippen molar-refractivity contribution < 1.29 is 27.4 Å². The lowest BCUT2D eigenvalue weighted by Gasteiger charge is -2.11. The Morgan fingerprint density at radius 3 is 2.04 bits per heavy atom. The van der Waals surface area contributed by atoms with Crippen molar-refractivity contribution in [3.05, 3.63) is 48.0 Å². The quantitative estimate of drug-likeness (QED) is 0.759. The Labute approximate surface area is 146 Å². The van der Waals surface area contributed by atoms with Gasteiger partial charge in [-0.15, -0.1) is 0 Å². The number of carbonyl (C=O) groups is 1. The van der Waals surface area contributed by atoms with Gasteiger partial charge in [0.1, 0.15) is 11.5 Å². The summed E-state index contributed by atoms with van der Waals surface area (Å²) < 4.78 is 42.6. The van der Waals surface area contributed by atoms with Gasteiger partial charge >= 0.3 is 5.97 Å². The molecule has 134 valence electrons. The molecule has 0 saturated heterocycles. The Morgan fingerprint density at radius 2 is 1.56 bits per heavy atom. The molecule has 7 nitrogen and oxygen atoms in total. The van der Waals surface area contributed by atoms with Crippen LogP contribution in [-0.4, -0.2) is 35.2 Å². The Balaban J connectivity index is 2.26. The molecule has 0 saturated carbocycles. The van der Waals surface area contributed by atoms with Gasteiger partial charge in [-0.2, -0.15) is 0 Å². The van der Waals surface area contributed by atoms with Gasteiger partial charge in [0, 0.05) is 18.2 Å². The Kier molecular flexibility index (Phi) is 5.87. The van der Waals surface area contributed by atoms with Gasteiger partial charge in [-0.1, -0.05) is 0 Å². The van der Waals surface area contributed by atoms with Crippen LogP contribution in [0.3, 0.4) is 0 Å². The molecule has 0 radical (unpaired) electrons. The molecule has 0 unspecified atom stereocenters. The Hall–Kier alpha value is -2.74. The smallest absolute Gasteiger partial charge is 0.338 e. The highest BCUT2D eigenvalue weighted by molar-refractivity contribution is 7.92. The maximum Gasteiger partial charge on any atom is 0.338 e. The van der Waals surface area contributed by atoms with Crippen LogP contribution in [0.25, 0.3) is 0 Å². The highest BCUT2D eigenvalue weighted by Gasteiger charge is 2.16. The number of benzene rings is 2. The van der Waals surface area contributed by atoms with Gasteiger partial charge in [-0.25, -0.2) is 13.2 Å². The molecule has 2 rings (SSSR count). The van der Waals surface area contributed by atoms with E-state index in [1.54, 1.807) is 13.0 Å². The van der Waals surface area contributed by atoms with E-state index in [1.165, 1.54) is 50.6 Å². The largest absolute Gasteiger partial charge is 0.497 e. The molecule has 0 heterocycles. The number of carbonyl (C=O) groups excluding carboxylic acids is 1. The first-order valence-corrected chi connectivity index (χ1v) is 8.91. The van der Waals surface area contributed by atoms with Crippen molar-refractivity contribution in [1.82, 2.24) is 0 Å². The summed E-state index contributed by atoms with van der Waals surface area (Å²) in [7, 11) is -0.885. The molecule has 0 fully saturated rings. The van der Waals surface area contributed by atoms with Crippen LogP contribution in [0.1, 0.15) is 17.3 Å². The SMILES string of the molecule is CCOC(=O)c1ccc(S(=O)(=O)Nc2cc(OC)cc(OC)c2)cc1. The second-order valence-electron chi connectivity index (χ2n) is 4.95. The molecule has 1 N–H and O–H groups in total. The minimum atomic E-state index is -3.83. The van der Waals surface area contributed by atoms with E-state index in [0.717, 1.165) is 0 Å². The van der Waals surface area contributed by atoms with Crippen molar-refractivity contribution in [2.24, 2.45) is 0 Å². The lowest BCUT2D eigenvalue weighted by atomic mass is 10.2. The maximum atomic E-state index is 12.5. The summed E-state index contributed by atoms with van der Waals surface area (Å²) >= 11 is 0. The van der Waals surface area contributed by atoms with Crippen molar-refractivity contribution in [1.29, 1.82) is 0 Å². The number of esters is 1. The summed E-state index contributed by atoms with van der Waals surface area (Å²) in [6, 6.07) is 10.2. The van der Waals surface area contributed by atoms with E-state index in [0.29, 0.717) is 17.2 Å². The third kappa shape index (κ3) is 4.63. The molecule has 0 spiro atoms. The summed E-state index contributed by atoms with van der Waals surface area (Å²) in [5, 5.41) is 0. The first kappa shape index (κ1) is 18.6. The lowest BCUT2D eigenvalue weighted by molar-refractivity contribution is 0.0526. The van der Waals surface area contributed by atoms with Crippen LogP contribution in [0.2, 0.25) is 0 Å². The van der Waals surface area contributed by atoms with E-state index in [2.05, 4.69) is 4.72 Å². The van der Waals surface area contributed by atoms with Crippen molar-refractivity contribution in [2.75, 3.05) is 25.5 Å². The van der Waals surface area contributed by atoms with Crippen LogP contribution in [0.5, 0.6) is 11.5 Å². The zero-order valence-electron chi connectivity index (χ0n) is 14.1. The van der Waals surface area contributed by atoms with E-state index in [-0.39, 0.29) is 17.1 Å². The monoisotopic (exact) mass is 365 g/mol. The van der Waals surface area contributed by atoms with Crippen LogP contribution in [0.4, 0.5) is 5.69 Å². The van der Waals surface area contributed by atoms with Crippen LogP contribution >= 0.6 is 0 Å². The van der Waals surface area contributed by atoms with Gasteiger partial charge in [0.05, 0.1) is 37.0 Å². The van der Waals surface area contributed by atoms with Gasteiger partial charge in [0.15, 0.2) is 0 Å². The van der Waals surface area contributed by atoms with Crippen molar-refractivity contribution in [2.45, 2.75) is 11.8 Å². The predicted octanol–water partition coefficient (Wildman–Crippen LogP) is 2.68. The van der Waals surface area contributed by atoms with Crippen LogP contribution in [-0.2, 0) is 14.8 Å². The average Bonchev–Trinajstić information content (AvgIpc) is 2.61. The molecule has 8 heteroatoms. The zero-order valence-corrected chi connectivity index (χ0v) is 14.9. The molecule has 0 amide bonds. The summed E-state index contributed by atoms with van der Waals surface area (Å²) in [6.45, 7) is 1.95. The third-order valence-electron chi connectivity index (χ3n) is 3.28. The second kappa shape index (κ2) is 7.89. The van der Waals surface area contributed by atoms with Crippen molar-refractivity contribution in [3.63, 3.8) is 0 Å². The maximum absolute atomic E-state index is 12.5. The molecule has 0 atom stereocenters. The first-order chi connectivity index (χ1) is 11.9. The minimum absolute atomic E-state index is 0.0161. The minimum Gasteiger partial charge on any atom is -0.497 e. The number of nitrogens with one attached hydrogen (secondary N) is 1. The average molecular weight is 365 g/mol. The molecule has 25 heavy (non-hydrogen) atoms. The predicted molar refractivity (Wildman–Crippen MR) is 92.8 cm³/mol. The fourth-order valence-electron chi connectivity index (χ4n) is 2.07. The molecule has 2 aromatic carbocycles. The first-order valence-electron chi connectivity index (χ1n) is 7.42. The number of sulfonamides is 1. The number of hydrogen-bond acceptors (Lipinski definition) is 6.